The van der Waals surface area contributed by atoms with Gasteiger partial charge in [0.25, 0.3) is 5.19 Å². The lowest BCUT2D eigenvalue weighted by Crippen LogP contribution is -2.20. The molecular weight excluding hydrogens is 387 g/mol. The van der Waals surface area contributed by atoms with Gasteiger partial charge in [-0.3, -0.25) is 4.98 Å². The van der Waals surface area contributed by atoms with Gasteiger partial charge >= 0.3 is 0 Å². The van der Waals surface area contributed by atoms with Gasteiger partial charge in [-0.2, -0.15) is 9.36 Å². The molecule has 0 spiro atoms. The zero-order chi connectivity index (χ0) is 19.4. The van der Waals surface area contributed by atoms with E-state index in [9.17, 15) is 4.39 Å². The largest absolute Gasteiger partial charge is 0.428 e. The molecule has 0 saturated carbocycles. The lowest BCUT2D eigenvalue weighted by atomic mass is 10.1. The predicted octanol–water partition coefficient (Wildman–Crippen LogP) is 4.99. The third-order valence-electron chi connectivity index (χ3n) is 4.26. The molecule has 0 amide bonds. The number of halogens is 2. The Kier molecular flexibility index (Phi) is 6.36. The average molecular weight is 407 g/mol. The van der Waals surface area contributed by atoms with Crippen molar-refractivity contribution >= 4 is 23.1 Å². The van der Waals surface area contributed by atoms with Crippen LogP contribution in [0.4, 0.5) is 4.39 Å². The number of aryl methyl sites for hydroxylation is 1. The summed E-state index contributed by atoms with van der Waals surface area (Å²) in [7, 11) is 2.09. The zero-order valence-corrected chi connectivity index (χ0v) is 16.9. The van der Waals surface area contributed by atoms with Crippen molar-refractivity contribution < 1.29 is 9.13 Å². The van der Waals surface area contributed by atoms with E-state index in [0.717, 1.165) is 42.8 Å². The van der Waals surface area contributed by atoms with Crippen molar-refractivity contribution in [3.8, 4) is 22.3 Å². The molecule has 27 heavy (non-hydrogen) atoms. The zero-order valence-electron chi connectivity index (χ0n) is 15.4. The first-order valence-corrected chi connectivity index (χ1v) is 9.71. The van der Waals surface area contributed by atoms with Crippen molar-refractivity contribution in [1.82, 2.24) is 19.2 Å². The molecule has 0 aliphatic heterocycles. The summed E-state index contributed by atoms with van der Waals surface area (Å²) in [5, 5.41) is 0.868. The van der Waals surface area contributed by atoms with Crippen LogP contribution >= 0.6 is 23.1 Å². The molecular formula is C19H20ClFN4OS. The minimum atomic E-state index is -0.437. The van der Waals surface area contributed by atoms with Gasteiger partial charge in [0.05, 0.1) is 11.2 Å². The molecule has 0 aliphatic carbocycles. The van der Waals surface area contributed by atoms with E-state index in [1.807, 2.05) is 19.1 Å². The molecule has 3 aromatic rings. The van der Waals surface area contributed by atoms with Crippen LogP contribution in [-0.2, 0) is 6.42 Å². The number of ether oxygens (including phenoxy) is 1. The molecule has 8 heteroatoms. The number of benzene rings is 1. The quantitative estimate of drug-likeness (QED) is 0.553. The maximum atomic E-state index is 13.3. The summed E-state index contributed by atoms with van der Waals surface area (Å²) in [6.45, 7) is 6.14. The monoisotopic (exact) mass is 406 g/mol. The fraction of sp³-hybridized carbons (Fsp3) is 0.316. The van der Waals surface area contributed by atoms with Gasteiger partial charge in [0, 0.05) is 29.8 Å². The number of hydrogen-bond donors (Lipinski definition) is 0. The Morgan fingerprint density at radius 1 is 1.26 bits per heavy atom. The predicted molar refractivity (Wildman–Crippen MR) is 106 cm³/mol. The van der Waals surface area contributed by atoms with Gasteiger partial charge in [-0.1, -0.05) is 18.5 Å². The van der Waals surface area contributed by atoms with Crippen molar-refractivity contribution in [2.24, 2.45) is 0 Å². The molecule has 0 unspecified atom stereocenters. The molecule has 0 radical (unpaired) electrons. The summed E-state index contributed by atoms with van der Waals surface area (Å²) in [4.78, 5) is 10.4. The Labute approximate surface area is 167 Å². The number of nitrogens with zero attached hydrogens (tertiary/aromatic N) is 4. The fourth-order valence-electron chi connectivity index (χ4n) is 2.51. The fourth-order valence-corrected chi connectivity index (χ4v) is 3.30. The van der Waals surface area contributed by atoms with E-state index in [1.165, 1.54) is 17.8 Å². The molecule has 2 aromatic heterocycles. The number of aromatic nitrogens is 3. The third-order valence-corrected chi connectivity index (χ3v) is 5.15. The number of pyridine rings is 1. The van der Waals surface area contributed by atoms with E-state index < -0.39 is 5.82 Å². The second-order valence-corrected chi connectivity index (χ2v) is 7.35. The van der Waals surface area contributed by atoms with Crippen molar-refractivity contribution in [3.63, 3.8) is 0 Å². The second-order valence-electron chi connectivity index (χ2n) is 6.23. The lowest BCUT2D eigenvalue weighted by Gasteiger charge is -2.15. The van der Waals surface area contributed by atoms with Crippen LogP contribution in [0, 0.1) is 12.7 Å². The molecule has 142 valence electrons. The van der Waals surface area contributed by atoms with Crippen LogP contribution in [0.3, 0.4) is 0 Å². The van der Waals surface area contributed by atoms with Gasteiger partial charge < -0.3 is 9.64 Å². The SMILES string of the molecule is CCN(C)CCc1cc(Cl)c(Oc2nc(-c3cncc(F)c3)ns2)cc1C. The van der Waals surface area contributed by atoms with E-state index in [2.05, 4.69) is 33.2 Å². The van der Waals surface area contributed by atoms with Crippen LogP contribution in [0.25, 0.3) is 11.4 Å². The highest BCUT2D eigenvalue weighted by molar-refractivity contribution is 7.07. The van der Waals surface area contributed by atoms with Crippen LogP contribution < -0.4 is 4.74 Å². The van der Waals surface area contributed by atoms with Gasteiger partial charge in [0.2, 0.25) is 0 Å². The summed E-state index contributed by atoms with van der Waals surface area (Å²) in [5.41, 5.74) is 2.80. The van der Waals surface area contributed by atoms with Crippen LogP contribution in [0.1, 0.15) is 18.1 Å². The highest BCUT2D eigenvalue weighted by atomic mass is 35.5. The van der Waals surface area contributed by atoms with Crippen molar-refractivity contribution in [1.29, 1.82) is 0 Å². The smallest absolute Gasteiger partial charge is 0.299 e. The Morgan fingerprint density at radius 2 is 2.07 bits per heavy atom. The van der Waals surface area contributed by atoms with E-state index in [1.54, 1.807) is 0 Å². The van der Waals surface area contributed by atoms with Crippen molar-refractivity contribution in [2.45, 2.75) is 20.3 Å². The molecule has 5 nitrogen and oxygen atoms in total. The van der Waals surface area contributed by atoms with E-state index in [0.29, 0.717) is 27.4 Å². The topological polar surface area (TPSA) is 51.1 Å². The third kappa shape index (κ3) is 5.00. The summed E-state index contributed by atoms with van der Waals surface area (Å²) in [6, 6.07) is 5.18. The molecule has 1 aromatic carbocycles. The molecule has 0 atom stereocenters. The second kappa shape index (κ2) is 8.73. The first kappa shape index (κ1) is 19.7. The van der Waals surface area contributed by atoms with Crippen LogP contribution in [0.2, 0.25) is 5.02 Å². The minimum absolute atomic E-state index is 0.342. The highest BCUT2D eigenvalue weighted by Gasteiger charge is 2.13. The Bertz CT molecular complexity index is 934. The van der Waals surface area contributed by atoms with Gasteiger partial charge in [0.15, 0.2) is 5.82 Å². The number of hydrogen-bond acceptors (Lipinski definition) is 6. The minimum Gasteiger partial charge on any atom is -0.428 e. The van der Waals surface area contributed by atoms with Crippen molar-refractivity contribution in [2.75, 3.05) is 20.1 Å². The molecule has 3 rings (SSSR count). The summed E-state index contributed by atoms with van der Waals surface area (Å²) in [5.74, 6) is 0.462. The van der Waals surface area contributed by atoms with Gasteiger partial charge in [-0.25, -0.2) is 4.39 Å². The summed E-state index contributed by atoms with van der Waals surface area (Å²) >= 11 is 7.49. The first-order chi connectivity index (χ1) is 13.0. The molecule has 0 N–H and O–H groups in total. The van der Waals surface area contributed by atoms with Gasteiger partial charge in [-0.05, 0) is 56.3 Å². The van der Waals surface area contributed by atoms with E-state index >= 15 is 0 Å². The average Bonchev–Trinajstić information content (AvgIpc) is 3.11. The molecule has 2 heterocycles. The van der Waals surface area contributed by atoms with Gasteiger partial charge in [-0.15, -0.1) is 0 Å². The normalized spacial score (nSPS) is 11.2. The number of likely N-dealkylation sites (N-methyl/N-ethyl adjacent to an activating group) is 1. The molecule has 0 bridgehead atoms. The lowest BCUT2D eigenvalue weighted by molar-refractivity contribution is 0.357. The van der Waals surface area contributed by atoms with Crippen LogP contribution in [-0.4, -0.2) is 39.4 Å². The van der Waals surface area contributed by atoms with Crippen LogP contribution in [0.15, 0.2) is 30.6 Å². The Hall–Kier alpha value is -2.09. The number of rotatable bonds is 7. The summed E-state index contributed by atoms with van der Waals surface area (Å²) < 4.78 is 23.3. The first-order valence-electron chi connectivity index (χ1n) is 8.56. The Morgan fingerprint density at radius 3 is 2.81 bits per heavy atom. The molecule has 0 saturated heterocycles. The van der Waals surface area contributed by atoms with E-state index in [4.69, 9.17) is 16.3 Å². The standard InChI is InChI=1S/C19H20ClFN4OS/c1-4-25(3)6-5-13-9-16(20)17(7-12(13)2)26-19-23-18(24-27-19)14-8-15(21)11-22-10-14/h7-11H,4-6H2,1-3H3. The molecule has 0 aliphatic rings. The van der Waals surface area contributed by atoms with E-state index in [-0.39, 0.29) is 0 Å². The van der Waals surface area contributed by atoms with Gasteiger partial charge in [0.1, 0.15) is 11.6 Å². The molecule has 0 fully saturated rings. The highest BCUT2D eigenvalue weighted by Crippen LogP contribution is 2.34. The summed E-state index contributed by atoms with van der Waals surface area (Å²) in [6.07, 6.45) is 3.56. The maximum Gasteiger partial charge on any atom is 0.299 e. The van der Waals surface area contributed by atoms with Crippen LogP contribution in [0.5, 0.6) is 10.9 Å². The van der Waals surface area contributed by atoms with Crippen molar-refractivity contribution in [3.05, 3.63) is 52.6 Å². The maximum absolute atomic E-state index is 13.3. The Balaban J connectivity index is 1.75.